The summed E-state index contributed by atoms with van der Waals surface area (Å²) >= 11 is 0. The van der Waals surface area contributed by atoms with Crippen LogP contribution in [0.5, 0.6) is 0 Å². The molecule has 0 N–H and O–H groups in total. The van der Waals surface area contributed by atoms with E-state index in [-0.39, 0.29) is 23.1 Å². The molecule has 1 heterocycles. The Balaban J connectivity index is 1.94. The van der Waals surface area contributed by atoms with Crippen molar-refractivity contribution in [2.45, 2.75) is 39.0 Å². The molecular formula is C17H18O3. The van der Waals surface area contributed by atoms with Gasteiger partial charge in [-0.05, 0) is 17.4 Å². The molecule has 0 saturated carbocycles. The minimum absolute atomic E-state index is 0.115. The van der Waals surface area contributed by atoms with Crippen LogP contribution in [0.15, 0.2) is 41.7 Å². The first-order valence-electron chi connectivity index (χ1n) is 6.98. The third-order valence-electron chi connectivity index (χ3n) is 4.07. The molecule has 3 nitrogen and oxygen atoms in total. The summed E-state index contributed by atoms with van der Waals surface area (Å²) in [6, 6.07) is 9.54. The average molecular weight is 270 g/mol. The molecule has 1 atom stereocenters. The van der Waals surface area contributed by atoms with Crippen LogP contribution in [0.4, 0.5) is 0 Å². The Bertz CT molecular complexity index is 596. The summed E-state index contributed by atoms with van der Waals surface area (Å²) < 4.78 is 5.48. The number of benzene rings is 1. The quantitative estimate of drug-likeness (QED) is 0.735. The van der Waals surface area contributed by atoms with Crippen LogP contribution in [0, 0.1) is 5.41 Å². The van der Waals surface area contributed by atoms with E-state index in [1.54, 1.807) is 0 Å². The van der Waals surface area contributed by atoms with Gasteiger partial charge in [-0.15, -0.1) is 0 Å². The predicted octanol–water partition coefficient (Wildman–Crippen LogP) is 3.36. The lowest BCUT2D eigenvalue weighted by molar-refractivity contribution is -0.144. The number of ether oxygens (including phenoxy) is 1. The monoisotopic (exact) mass is 270 g/mol. The van der Waals surface area contributed by atoms with E-state index in [1.165, 1.54) is 0 Å². The Labute approximate surface area is 118 Å². The van der Waals surface area contributed by atoms with Crippen LogP contribution < -0.4 is 0 Å². The SMILES string of the molecule is CC1(C)CC(=O)C2=C(C1)OC(=O)C(c1ccccc1)C2. The van der Waals surface area contributed by atoms with Gasteiger partial charge in [-0.1, -0.05) is 44.2 Å². The van der Waals surface area contributed by atoms with Crippen molar-refractivity contribution >= 4 is 11.8 Å². The van der Waals surface area contributed by atoms with E-state index in [1.807, 2.05) is 44.2 Å². The molecule has 104 valence electrons. The molecule has 0 saturated heterocycles. The smallest absolute Gasteiger partial charge is 0.318 e. The van der Waals surface area contributed by atoms with Crippen molar-refractivity contribution < 1.29 is 14.3 Å². The van der Waals surface area contributed by atoms with E-state index in [4.69, 9.17) is 4.74 Å². The molecule has 1 aliphatic carbocycles. The highest BCUT2D eigenvalue weighted by atomic mass is 16.5. The normalized spacial score (nSPS) is 25.2. The molecule has 0 bridgehead atoms. The van der Waals surface area contributed by atoms with Crippen molar-refractivity contribution in [3.05, 3.63) is 47.2 Å². The summed E-state index contributed by atoms with van der Waals surface area (Å²) in [5.41, 5.74) is 1.52. The maximum absolute atomic E-state index is 12.3. The molecule has 1 aromatic carbocycles. The fourth-order valence-electron chi connectivity index (χ4n) is 3.05. The molecule has 0 amide bonds. The Hall–Kier alpha value is -1.90. The van der Waals surface area contributed by atoms with Gasteiger partial charge in [0.05, 0.1) is 5.92 Å². The van der Waals surface area contributed by atoms with Crippen molar-refractivity contribution in [2.75, 3.05) is 0 Å². The number of Topliss-reactive ketones (excluding diaryl/α,β-unsaturated/α-hetero) is 1. The Kier molecular flexibility index (Phi) is 3.00. The molecule has 20 heavy (non-hydrogen) atoms. The second kappa shape index (κ2) is 4.58. The average Bonchev–Trinajstić information content (AvgIpc) is 2.37. The van der Waals surface area contributed by atoms with Crippen LogP contribution >= 0.6 is 0 Å². The molecule has 1 aliphatic heterocycles. The zero-order valence-corrected chi connectivity index (χ0v) is 11.8. The minimum Gasteiger partial charge on any atom is -0.430 e. The number of hydrogen-bond acceptors (Lipinski definition) is 3. The van der Waals surface area contributed by atoms with Crippen LogP contribution in [-0.4, -0.2) is 11.8 Å². The van der Waals surface area contributed by atoms with Crippen LogP contribution in [-0.2, 0) is 14.3 Å². The summed E-state index contributed by atoms with van der Waals surface area (Å²) in [5.74, 6) is 0.147. The Morgan fingerprint density at radius 2 is 1.80 bits per heavy atom. The van der Waals surface area contributed by atoms with E-state index in [2.05, 4.69) is 0 Å². The molecule has 0 fully saturated rings. The van der Waals surface area contributed by atoms with E-state index in [0.717, 1.165) is 11.1 Å². The van der Waals surface area contributed by atoms with Crippen molar-refractivity contribution in [2.24, 2.45) is 5.41 Å². The van der Waals surface area contributed by atoms with E-state index in [0.29, 0.717) is 25.0 Å². The highest BCUT2D eigenvalue weighted by Crippen LogP contribution is 2.43. The molecule has 1 aromatic rings. The number of ketones is 1. The molecule has 0 radical (unpaired) electrons. The fourth-order valence-corrected chi connectivity index (χ4v) is 3.05. The minimum atomic E-state index is -0.347. The number of esters is 1. The number of hydrogen-bond donors (Lipinski definition) is 0. The molecule has 1 unspecified atom stereocenters. The van der Waals surface area contributed by atoms with Gasteiger partial charge in [-0.2, -0.15) is 0 Å². The van der Waals surface area contributed by atoms with Gasteiger partial charge in [0.1, 0.15) is 5.76 Å². The lowest BCUT2D eigenvalue weighted by Crippen LogP contribution is -2.33. The molecule has 3 heteroatoms. The van der Waals surface area contributed by atoms with Crippen molar-refractivity contribution in [3.63, 3.8) is 0 Å². The van der Waals surface area contributed by atoms with Gasteiger partial charge in [0.25, 0.3) is 0 Å². The first-order chi connectivity index (χ1) is 9.46. The van der Waals surface area contributed by atoms with Crippen molar-refractivity contribution in [3.8, 4) is 0 Å². The van der Waals surface area contributed by atoms with Gasteiger partial charge in [-0.25, -0.2) is 0 Å². The molecule has 2 aliphatic rings. The molecule has 0 spiro atoms. The number of rotatable bonds is 1. The summed E-state index contributed by atoms with van der Waals surface area (Å²) in [6.07, 6.45) is 1.68. The van der Waals surface area contributed by atoms with Crippen LogP contribution in [0.1, 0.15) is 44.6 Å². The molecular weight excluding hydrogens is 252 g/mol. The van der Waals surface area contributed by atoms with E-state index < -0.39 is 0 Å². The highest BCUT2D eigenvalue weighted by molar-refractivity contribution is 5.99. The second-order valence-corrected chi connectivity index (χ2v) is 6.43. The van der Waals surface area contributed by atoms with Gasteiger partial charge >= 0.3 is 5.97 Å². The van der Waals surface area contributed by atoms with Crippen molar-refractivity contribution in [1.82, 2.24) is 0 Å². The number of carbonyl (C=O) groups is 2. The van der Waals surface area contributed by atoms with Gasteiger partial charge in [0.15, 0.2) is 5.78 Å². The lowest BCUT2D eigenvalue weighted by Gasteiger charge is -2.35. The standard InChI is InChI=1S/C17H18O3/c1-17(2)9-14(18)13-8-12(11-6-4-3-5-7-11)16(19)20-15(13)10-17/h3-7,12H,8-10H2,1-2H3. The number of allylic oxidation sites excluding steroid dienone is 2. The third kappa shape index (κ3) is 2.28. The third-order valence-corrected chi connectivity index (χ3v) is 4.07. The number of carbonyl (C=O) groups excluding carboxylic acids is 2. The van der Waals surface area contributed by atoms with E-state index in [9.17, 15) is 9.59 Å². The zero-order chi connectivity index (χ0) is 14.3. The van der Waals surface area contributed by atoms with Crippen LogP contribution in [0.3, 0.4) is 0 Å². The van der Waals surface area contributed by atoms with Gasteiger partial charge in [0.2, 0.25) is 0 Å². The van der Waals surface area contributed by atoms with Gasteiger partial charge < -0.3 is 4.74 Å². The first-order valence-corrected chi connectivity index (χ1v) is 6.98. The summed E-state index contributed by atoms with van der Waals surface area (Å²) in [6.45, 7) is 4.07. The van der Waals surface area contributed by atoms with Gasteiger partial charge in [0, 0.05) is 18.4 Å². The van der Waals surface area contributed by atoms with Crippen LogP contribution in [0.25, 0.3) is 0 Å². The van der Waals surface area contributed by atoms with E-state index >= 15 is 0 Å². The fraction of sp³-hybridized carbons (Fsp3) is 0.412. The highest BCUT2D eigenvalue weighted by Gasteiger charge is 2.40. The summed E-state index contributed by atoms with van der Waals surface area (Å²) in [4.78, 5) is 24.5. The van der Waals surface area contributed by atoms with Gasteiger partial charge in [-0.3, -0.25) is 9.59 Å². The second-order valence-electron chi connectivity index (χ2n) is 6.43. The summed E-state index contributed by atoms with van der Waals surface area (Å²) in [5, 5.41) is 0. The molecule has 3 rings (SSSR count). The largest absolute Gasteiger partial charge is 0.430 e. The maximum atomic E-state index is 12.3. The van der Waals surface area contributed by atoms with Crippen LogP contribution in [0.2, 0.25) is 0 Å². The Morgan fingerprint density at radius 3 is 2.50 bits per heavy atom. The Morgan fingerprint density at radius 1 is 1.10 bits per heavy atom. The topological polar surface area (TPSA) is 43.4 Å². The van der Waals surface area contributed by atoms with Crippen molar-refractivity contribution in [1.29, 1.82) is 0 Å². The molecule has 0 aromatic heterocycles. The first kappa shape index (κ1) is 13.1. The summed E-state index contributed by atoms with van der Waals surface area (Å²) in [7, 11) is 0. The maximum Gasteiger partial charge on any atom is 0.318 e. The lowest BCUT2D eigenvalue weighted by atomic mass is 9.73. The predicted molar refractivity (Wildman–Crippen MR) is 74.9 cm³/mol. The zero-order valence-electron chi connectivity index (χ0n) is 11.8.